The summed E-state index contributed by atoms with van der Waals surface area (Å²) in [5.74, 6) is 0.0888. The molecule has 6 heteroatoms. The first-order valence-electron chi connectivity index (χ1n) is 8.83. The SMILES string of the molecule is O=C(NCCCCC[Si](O)(O)c1ccccc1)c1cc2ccccc2o1. The quantitative estimate of drug-likeness (QED) is 0.421. The molecule has 3 rings (SSSR count). The largest absolute Gasteiger partial charge is 0.451 e. The van der Waals surface area contributed by atoms with Gasteiger partial charge in [-0.2, -0.15) is 0 Å². The molecule has 0 aliphatic rings. The molecule has 0 saturated heterocycles. The number of furan rings is 1. The van der Waals surface area contributed by atoms with E-state index in [4.69, 9.17) is 4.42 Å². The normalized spacial score (nSPS) is 11.6. The molecular weight excluding hydrogens is 346 g/mol. The van der Waals surface area contributed by atoms with E-state index in [0.717, 1.165) is 18.2 Å². The van der Waals surface area contributed by atoms with Crippen LogP contribution in [-0.2, 0) is 0 Å². The molecule has 0 fully saturated rings. The molecule has 2 aromatic carbocycles. The monoisotopic (exact) mass is 369 g/mol. The van der Waals surface area contributed by atoms with Gasteiger partial charge in [-0.15, -0.1) is 0 Å². The predicted octanol–water partition coefficient (Wildman–Crippen LogP) is 2.67. The highest BCUT2D eigenvalue weighted by Crippen LogP contribution is 2.18. The van der Waals surface area contributed by atoms with Gasteiger partial charge in [-0.05, 0) is 29.8 Å². The average molecular weight is 369 g/mol. The van der Waals surface area contributed by atoms with Gasteiger partial charge in [0.2, 0.25) is 0 Å². The van der Waals surface area contributed by atoms with Crippen molar-refractivity contribution in [1.82, 2.24) is 5.32 Å². The Balaban J connectivity index is 1.38. The van der Waals surface area contributed by atoms with E-state index in [0.29, 0.717) is 35.5 Å². The van der Waals surface area contributed by atoms with Crippen LogP contribution in [0.5, 0.6) is 0 Å². The molecular formula is C20H23NO4Si. The molecule has 0 aliphatic carbocycles. The van der Waals surface area contributed by atoms with E-state index in [2.05, 4.69) is 5.32 Å². The minimum Gasteiger partial charge on any atom is -0.451 e. The Kier molecular flexibility index (Phi) is 5.88. The fourth-order valence-corrected chi connectivity index (χ4v) is 4.66. The standard InChI is InChI=1S/C20H23NO4Si/c22-20(19-15-16-9-5-6-12-18(16)25-19)21-13-7-2-8-14-26(23,24)17-10-3-1-4-11-17/h1,3-6,9-12,15,23-24H,2,7-8,13-14H2,(H,21,22). The van der Waals surface area contributed by atoms with Crippen molar-refractivity contribution in [3.8, 4) is 0 Å². The van der Waals surface area contributed by atoms with Crippen molar-refractivity contribution in [1.29, 1.82) is 0 Å². The molecule has 0 spiro atoms. The van der Waals surface area contributed by atoms with Crippen LogP contribution in [0.3, 0.4) is 0 Å². The first-order valence-corrected chi connectivity index (χ1v) is 10.9. The van der Waals surface area contributed by atoms with Crippen molar-refractivity contribution in [2.24, 2.45) is 0 Å². The first-order chi connectivity index (χ1) is 12.6. The average Bonchev–Trinajstić information content (AvgIpc) is 3.09. The summed E-state index contributed by atoms with van der Waals surface area (Å²) in [6.07, 6.45) is 2.32. The Morgan fingerprint density at radius 2 is 1.69 bits per heavy atom. The second kappa shape index (κ2) is 8.31. The lowest BCUT2D eigenvalue weighted by atomic mass is 10.2. The van der Waals surface area contributed by atoms with Gasteiger partial charge in [-0.3, -0.25) is 4.79 Å². The molecule has 3 N–H and O–H groups in total. The van der Waals surface area contributed by atoms with Crippen LogP contribution in [0.25, 0.3) is 11.0 Å². The van der Waals surface area contributed by atoms with Crippen molar-refractivity contribution in [2.75, 3.05) is 6.54 Å². The van der Waals surface area contributed by atoms with Gasteiger partial charge in [-0.1, -0.05) is 61.4 Å². The molecule has 0 radical (unpaired) electrons. The maximum atomic E-state index is 12.1. The van der Waals surface area contributed by atoms with E-state index in [1.165, 1.54) is 0 Å². The fraction of sp³-hybridized carbons (Fsp3) is 0.250. The molecule has 1 amide bonds. The number of unbranched alkanes of at least 4 members (excludes halogenated alkanes) is 2. The van der Waals surface area contributed by atoms with Gasteiger partial charge >= 0.3 is 8.56 Å². The zero-order chi connectivity index (χ0) is 18.4. The summed E-state index contributed by atoms with van der Waals surface area (Å²) in [7, 11) is -3.34. The summed E-state index contributed by atoms with van der Waals surface area (Å²) in [5.41, 5.74) is 0.700. The molecule has 3 aromatic rings. The number of fused-ring (bicyclic) bond motifs is 1. The molecule has 5 nitrogen and oxygen atoms in total. The molecule has 26 heavy (non-hydrogen) atoms. The van der Waals surface area contributed by atoms with Crippen molar-refractivity contribution in [3.05, 3.63) is 66.4 Å². The third kappa shape index (κ3) is 4.60. The second-order valence-corrected chi connectivity index (χ2v) is 9.11. The van der Waals surface area contributed by atoms with Crippen molar-refractivity contribution < 1.29 is 18.8 Å². The lowest BCUT2D eigenvalue weighted by Gasteiger charge is -2.17. The number of benzene rings is 2. The second-order valence-electron chi connectivity index (χ2n) is 6.40. The van der Waals surface area contributed by atoms with Gasteiger partial charge in [0.1, 0.15) is 5.58 Å². The number of para-hydroxylation sites is 1. The van der Waals surface area contributed by atoms with E-state index < -0.39 is 8.56 Å². The minimum atomic E-state index is -3.34. The van der Waals surface area contributed by atoms with Gasteiger partial charge in [0.05, 0.1) is 0 Å². The summed E-state index contributed by atoms with van der Waals surface area (Å²) in [6.45, 7) is 0.534. The molecule has 1 aromatic heterocycles. The molecule has 0 atom stereocenters. The van der Waals surface area contributed by atoms with Crippen molar-refractivity contribution in [3.63, 3.8) is 0 Å². The summed E-state index contributed by atoms with van der Waals surface area (Å²) < 4.78 is 5.53. The van der Waals surface area contributed by atoms with Crippen LogP contribution >= 0.6 is 0 Å². The van der Waals surface area contributed by atoms with E-state index in [-0.39, 0.29) is 5.91 Å². The third-order valence-corrected chi connectivity index (χ3v) is 6.68. The molecule has 1 heterocycles. The van der Waals surface area contributed by atoms with Gasteiger partial charge in [0, 0.05) is 11.9 Å². The van der Waals surface area contributed by atoms with Crippen molar-refractivity contribution in [2.45, 2.75) is 25.3 Å². The third-order valence-electron chi connectivity index (χ3n) is 4.37. The van der Waals surface area contributed by atoms with Crippen molar-refractivity contribution >= 4 is 30.6 Å². The lowest BCUT2D eigenvalue weighted by molar-refractivity contribution is 0.0927. The molecule has 0 unspecified atom stereocenters. The van der Waals surface area contributed by atoms with E-state index in [9.17, 15) is 14.4 Å². The number of carbonyl (C=O) groups is 1. The number of carbonyl (C=O) groups excluding carboxylic acids is 1. The first kappa shape index (κ1) is 18.4. The molecule has 0 bridgehead atoms. The van der Waals surface area contributed by atoms with Crippen LogP contribution in [0, 0.1) is 0 Å². The van der Waals surface area contributed by atoms with Crippen LogP contribution in [0.2, 0.25) is 6.04 Å². The van der Waals surface area contributed by atoms with Crippen LogP contribution in [0.15, 0.2) is 65.1 Å². The summed E-state index contributed by atoms with van der Waals surface area (Å²) in [4.78, 5) is 32.6. The van der Waals surface area contributed by atoms with Crippen LogP contribution in [0.4, 0.5) is 0 Å². The number of amides is 1. The maximum Gasteiger partial charge on any atom is 0.367 e. The number of hydrogen-bond donors (Lipinski definition) is 3. The highest BCUT2D eigenvalue weighted by Gasteiger charge is 2.30. The van der Waals surface area contributed by atoms with E-state index >= 15 is 0 Å². The molecule has 136 valence electrons. The summed E-state index contributed by atoms with van der Waals surface area (Å²) in [5, 5.41) is 4.39. The Morgan fingerprint density at radius 1 is 0.962 bits per heavy atom. The zero-order valence-electron chi connectivity index (χ0n) is 14.5. The van der Waals surface area contributed by atoms with E-state index in [1.54, 1.807) is 18.2 Å². The molecule has 0 aliphatic heterocycles. The van der Waals surface area contributed by atoms with Crippen LogP contribution in [0.1, 0.15) is 29.8 Å². The van der Waals surface area contributed by atoms with Gasteiger partial charge in [0.25, 0.3) is 5.91 Å². The molecule has 0 saturated carbocycles. The van der Waals surface area contributed by atoms with Gasteiger partial charge in [-0.25, -0.2) is 0 Å². The topological polar surface area (TPSA) is 82.7 Å². The Hall–Kier alpha value is -2.41. The number of hydrogen-bond acceptors (Lipinski definition) is 4. The smallest absolute Gasteiger partial charge is 0.367 e. The highest BCUT2D eigenvalue weighted by atomic mass is 28.4. The van der Waals surface area contributed by atoms with Crippen LogP contribution < -0.4 is 10.5 Å². The zero-order valence-corrected chi connectivity index (χ0v) is 15.5. The Bertz CT molecular complexity index is 827. The van der Waals surface area contributed by atoms with Gasteiger partial charge < -0.3 is 19.3 Å². The predicted molar refractivity (Wildman–Crippen MR) is 103 cm³/mol. The number of rotatable bonds is 8. The maximum absolute atomic E-state index is 12.1. The number of nitrogens with one attached hydrogen (secondary N) is 1. The fourth-order valence-electron chi connectivity index (χ4n) is 2.91. The Labute approximate surface area is 153 Å². The highest BCUT2D eigenvalue weighted by molar-refractivity contribution is 6.78. The lowest BCUT2D eigenvalue weighted by Crippen LogP contribution is -2.48. The van der Waals surface area contributed by atoms with E-state index in [1.807, 2.05) is 42.5 Å². The summed E-state index contributed by atoms with van der Waals surface area (Å²) >= 11 is 0. The minimum absolute atomic E-state index is 0.224. The van der Waals surface area contributed by atoms with Gasteiger partial charge in [0.15, 0.2) is 5.76 Å². The Morgan fingerprint density at radius 3 is 2.46 bits per heavy atom. The van der Waals surface area contributed by atoms with Crippen LogP contribution in [-0.4, -0.2) is 30.6 Å². The summed E-state index contributed by atoms with van der Waals surface area (Å²) in [6, 6.07) is 18.7.